The molecule has 98 valence electrons. The van der Waals surface area contributed by atoms with E-state index in [1.54, 1.807) is 0 Å². The summed E-state index contributed by atoms with van der Waals surface area (Å²) in [5.41, 5.74) is 6.82. The molecule has 1 saturated heterocycles. The van der Waals surface area contributed by atoms with Crippen LogP contribution < -0.4 is 11.1 Å². The van der Waals surface area contributed by atoms with Gasteiger partial charge in [0.15, 0.2) is 0 Å². The molecule has 1 aromatic carbocycles. The minimum Gasteiger partial charge on any atom is -0.352 e. The minimum atomic E-state index is -0.564. The van der Waals surface area contributed by atoms with E-state index in [-0.39, 0.29) is 11.9 Å². The Hall–Kier alpha value is -1.39. The highest BCUT2D eigenvalue weighted by Crippen LogP contribution is 2.12. The average molecular weight is 247 g/mol. The molecular formula is C14H21N3O. The minimum absolute atomic E-state index is 0.0734. The van der Waals surface area contributed by atoms with Gasteiger partial charge in [-0.25, -0.2) is 0 Å². The van der Waals surface area contributed by atoms with Crippen LogP contribution in [-0.2, 0) is 4.79 Å². The van der Waals surface area contributed by atoms with Gasteiger partial charge in [-0.1, -0.05) is 30.3 Å². The SMILES string of the molecule is CN1CCC(NC(=O)[C@@H](N)c2ccccc2)CC1. The van der Waals surface area contributed by atoms with Gasteiger partial charge in [0.1, 0.15) is 6.04 Å². The van der Waals surface area contributed by atoms with Gasteiger partial charge in [-0.2, -0.15) is 0 Å². The van der Waals surface area contributed by atoms with Crippen molar-refractivity contribution in [1.82, 2.24) is 10.2 Å². The maximum absolute atomic E-state index is 12.0. The molecule has 0 aliphatic carbocycles. The normalized spacial score (nSPS) is 19.4. The van der Waals surface area contributed by atoms with E-state index in [0.29, 0.717) is 0 Å². The number of hydrogen-bond donors (Lipinski definition) is 2. The third-order valence-electron chi connectivity index (χ3n) is 3.51. The predicted octanol–water partition coefficient (Wildman–Crippen LogP) is 0.897. The summed E-state index contributed by atoms with van der Waals surface area (Å²) >= 11 is 0. The molecule has 0 aromatic heterocycles. The van der Waals surface area contributed by atoms with E-state index in [1.165, 1.54) is 0 Å². The Morgan fingerprint density at radius 1 is 1.33 bits per heavy atom. The van der Waals surface area contributed by atoms with Crippen molar-refractivity contribution in [3.63, 3.8) is 0 Å². The van der Waals surface area contributed by atoms with Gasteiger partial charge in [0.2, 0.25) is 5.91 Å². The number of carbonyl (C=O) groups is 1. The Balaban J connectivity index is 1.88. The fourth-order valence-electron chi connectivity index (χ4n) is 2.26. The molecule has 4 nitrogen and oxygen atoms in total. The van der Waals surface area contributed by atoms with Gasteiger partial charge in [-0.3, -0.25) is 4.79 Å². The number of nitrogens with zero attached hydrogens (tertiary/aromatic N) is 1. The molecule has 1 fully saturated rings. The van der Waals surface area contributed by atoms with E-state index < -0.39 is 6.04 Å². The lowest BCUT2D eigenvalue weighted by Gasteiger charge is -2.30. The highest BCUT2D eigenvalue weighted by Gasteiger charge is 2.22. The van der Waals surface area contributed by atoms with Gasteiger partial charge in [-0.05, 0) is 38.5 Å². The lowest BCUT2D eigenvalue weighted by molar-refractivity contribution is -0.123. The first kappa shape index (κ1) is 13.1. The molecule has 0 saturated carbocycles. The van der Waals surface area contributed by atoms with Crippen molar-refractivity contribution in [1.29, 1.82) is 0 Å². The van der Waals surface area contributed by atoms with Crippen molar-refractivity contribution in [3.8, 4) is 0 Å². The van der Waals surface area contributed by atoms with E-state index in [4.69, 9.17) is 5.73 Å². The van der Waals surface area contributed by atoms with Crippen LogP contribution in [0.1, 0.15) is 24.4 Å². The summed E-state index contributed by atoms with van der Waals surface area (Å²) < 4.78 is 0. The third-order valence-corrected chi connectivity index (χ3v) is 3.51. The summed E-state index contributed by atoms with van der Waals surface area (Å²) in [5.74, 6) is -0.0734. The van der Waals surface area contributed by atoms with Gasteiger partial charge in [0.05, 0.1) is 0 Å². The van der Waals surface area contributed by atoms with Crippen molar-refractivity contribution >= 4 is 5.91 Å². The summed E-state index contributed by atoms with van der Waals surface area (Å²) in [6, 6.07) is 9.20. The van der Waals surface area contributed by atoms with Crippen LogP contribution in [0.25, 0.3) is 0 Å². The number of piperidine rings is 1. The zero-order valence-electron chi connectivity index (χ0n) is 10.8. The number of amides is 1. The standard InChI is InChI=1S/C14H21N3O/c1-17-9-7-12(8-10-17)16-14(18)13(15)11-5-3-2-4-6-11/h2-6,12-13H,7-10,15H2,1H3,(H,16,18)/t13-/m0/s1. The molecular weight excluding hydrogens is 226 g/mol. The first-order valence-corrected chi connectivity index (χ1v) is 6.46. The van der Waals surface area contributed by atoms with E-state index in [9.17, 15) is 4.79 Å². The molecule has 2 rings (SSSR count). The zero-order valence-corrected chi connectivity index (χ0v) is 10.8. The zero-order chi connectivity index (χ0) is 13.0. The average Bonchev–Trinajstić information content (AvgIpc) is 2.41. The van der Waals surface area contributed by atoms with Crippen LogP contribution in [0.2, 0.25) is 0 Å². The van der Waals surface area contributed by atoms with E-state index >= 15 is 0 Å². The smallest absolute Gasteiger partial charge is 0.241 e. The molecule has 0 bridgehead atoms. The Morgan fingerprint density at radius 3 is 2.56 bits per heavy atom. The molecule has 0 radical (unpaired) electrons. The summed E-state index contributed by atoms with van der Waals surface area (Å²) in [6.45, 7) is 2.07. The number of nitrogens with one attached hydrogen (secondary N) is 1. The van der Waals surface area contributed by atoms with Gasteiger partial charge in [0.25, 0.3) is 0 Å². The van der Waals surface area contributed by atoms with E-state index in [0.717, 1.165) is 31.5 Å². The molecule has 1 amide bonds. The Labute approximate surface area is 108 Å². The Morgan fingerprint density at radius 2 is 1.94 bits per heavy atom. The highest BCUT2D eigenvalue weighted by atomic mass is 16.2. The summed E-state index contributed by atoms with van der Waals surface area (Å²) in [4.78, 5) is 14.3. The number of likely N-dealkylation sites (tertiary alicyclic amines) is 1. The topological polar surface area (TPSA) is 58.4 Å². The first-order chi connectivity index (χ1) is 8.66. The summed E-state index contributed by atoms with van der Waals surface area (Å²) in [6.07, 6.45) is 2.01. The van der Waals surface area contributed by atoms with Gasteiger partial charge >= 0.3 is 0 Å². The largest absolute Gasteiger partial charge is 0.352 e. The second kappa shape index (κ2) is 5.98. The molecule has 1 aromatic rings. The van der Waals surface area contributed by atoms with E-state index in [1.807, 2.05) is 30.3 Å². The number of hydrogen-bond acceptors (Lipinski definition) is 3. The number of benzene rings is 1. The molecule has 1 aliphatic heterocycles. The molecule has 1 heterocycles. The van der Waals surface area contributed by atoms with Crippen LogP contribution in [0.5, 0.6) is 0 Å². The fraction of sp³-hybridized carbons (Fsp3) is 0.500. The van der Waals surface area contributed by atoms with Crippen LogP contribution in [0.15, 0.2) is 30.3 Å². The number of nitrogens with two attached hydrogens (primary N) is 1. The molecule has 3 N–H and O–H groups in total. The van der Waals surface area contributed by atoms with Gasteiger partial charge < -0.3 is 16.0 Å². The monoisotopic (exact) mass is 247 g/mol. The van der Waals surface area contributed by atoms with Crippen LogP contribution in [0, 0.1) is 0 Å². The first-order valence-electron chi connectivity index (χ1n) is 6.46. The second-order valence-electron chi connectivity index (χ2n) is 4.97. The molecule has 0 unspecified atom stereocenters. The molecule has 1 atom stereocenters. The molecule has 1 aliphatic rings. The highest BCUT2D eigenvalue weighted by molar-refractivity contribution is 5.83. The molecule has 18 heavy (non-hydrogen) atoms. The lowest BCUT2D eigenvalue weighted by atomic mass is 10.0. The predicted molar refractivity (Wildman–Crippen MR) is 72.0 cm³/mol. The Kier molecular flexibility index (Phi) is 4.33. The summed E-state index contributed by atoms with van der Waals surface area (Å²) in [5, 5.41) is 3.05. The van der Waals surface area contributed by atoms with Crippen molar-refractivity contribution in [2.24, 2.45) is 5.73 Å². The van der Waals surface area contributed by atoms with Crippen molar-refractivity contribution in [2.75, 3.05) is 20.1 Å². The van der Waals surface area contributed by atoms with Crippen LogP contribution in [0.3, 0.4) is 0 Å². The molecule has 4 heteroatoms. The lowest BCUT2D eigenvalue weighted by Crippen LogP contribution is -2.46. The van der Waals surface area contributed by atoms with Crippen LogP contribution >= 0.6 is 0 Å². The van der Waals surface area contributed by atoms with Crippen molar-refractivity contribution < 1.29 is 4.79 Å². The fourth-order valence-corrected chi connectivity index (χ4v) is 2.26. The van der Waals surface area contributed by atoms with E-state index in [2.05, 4.69) is 17.3 Å². The van der Waals surface area contributed by atoms with Crippen molar-refractivity contribution in [3.05, 3.63) is 35.9 Å². The van der Waals surface area contributed by atoms with Gasteiger partial charge in [0, 0.05) is 6.04 Å². The summed E-state index contributed by atoms with van der Waals surface area (Å²) in [7, 11) is 2.10. The molecule has 0 spiro atoms. The quantitative estimate of drug-likeness (QED) is 0.834. The van der Waals surface area contributed by atoms with Gasteiger partial charge in [-0.15, -0.1) is 0 Å². The van der Waals surface area contributed by atoms with Crippen LogP contribution in [-0.4, -0.2) is 37.0 Å². The number of carbonyl (C=O) groups excluding carboxylic acids is 1. The number of rotatable bonds is 3. The Bertz CT molecular complexity index is 385. The third kappa shape index (κ3) is 3.31. The van der Waals surface area contributed by atoms with Crippen molar-refractivity contribution in [2.45, 2.75) is 24.9 Å². The van der Waals surface area contributed by atoms with Crippen LogP contribution in [0.4, 0.5) is 0 Å². The second-order valence-corrected chi connectivity index (χ2v) is 4.97. The maximum Gasteiger partial charge on any atom is 0.241 e. The maximum atomic E-state index is 12.0.